The van der Waals surface area contributed by atoms with E-state index in [2.05, 4.69) is 15.4 Å². The molecule has 7 heteroatoms. The Bertz CT molecular complexity index is 1130. The van der Waals surface area contributed by atoms with Crippen LogP contribution in [0.25, 0.3) is 28.8 Å². The Labute approximate surface area is 166 Å². The standard InChI is InChI=1S/C22H17N3O4/c1-15-20(21(25-29-15)17-10-6-3-7-11-17)22-24-23-18(28-22)14-27-19(26)13-12-16-8-4-2-5-9-16/h2-13H,14H2,1H3/b13-12+. The second-order valence-electron chi connectivity index (χ2n) is 6.18. The van der Waals surface area contributed by atoms with E-state index in [1.165, 1.54) is 6.08 Å². The zero-order valence-corrected chi connectivity index (χ0v) is 15.6. The fourth-order valence-electron chi connectivity index (χ4n) is 2.74. The normalized spacial score (nSPS) is 11.1. The first-order valence-corrected chi connectivity index (χ1v) is 8.95. The molecule has 0 bridgehead atoms. The van der Waals surface area contributed by atoms with Crippen molar-refractivity contribution in [1.29, 1.82) is 0 Å². The molecule has 0 spiro atoms. The number of aryl methyl sites for hydroxylation is 1. The molecule has 0 saturated carbocycles. The van der Waals surface area contributed by atoms with E-state index in [-0.39, 0.29) is 18.4 Å². The second-order valence-corrected chi connectivity index (χ2v) is 6.18. The molecule has 0 aliphatic heterocycles. The van der Waals surface area contributed by atoms with Gasteiger partial charge in [-0.1, -0.05) is 65.8 Å². The first-order chi connectivity index (χ1) is 14.2. The first kappa shape index (κ1) is 18.4. The third-order valence-electron chi connectivity index (χ3n) is 4.14. The number of hydrogen-bond acceptors (Lipinski definition) is 7. The van der Waals surface area contributed by atoms with Crippen LogP contribution in [0.15, 0.2) is 75.7 Å². The van der Waals surface area contributed by atoms with E-state index >= 15 is 0 Å². The molecule has 0 atom stereocenters. The summed E-state index contributed by atoms with van der Waals surface area (Å²) in [5.74, 6) is 0.496. The van der Waals surface area contributed by atoms with Crippen LogP contribution < -0.4 is 0 Å². The number of nitrogens with zero attached hydrogens (tertiary/aromatic N) is 3. The highest BCUT2D eigenvalue weighted by atomic mass is 16.5. The number of ether oxygens (including phenoxy) is 1. The average molecular weight is 387 g/mol. The molecule has 144 valence electrons. The number of benzene rings is 2. The van der Waals surface area contributed by atoms with E-state index < -0.39 is 5.97 Å². The Kier molecular flexibility index (Phi) is 5.29. The van der Waals surface area contributed by atoms with Crippen LogP contribution in [0, 0.1) is 6.92 Å². The molecule has 2 aromatic carbocycles. The number of rotatable bonds is 6. The van der Waals surface area contributed by atoms with Gasteiger partial charge in [-0.2, -0.15) is 0 Å². The summed E-state index contributed by atoms with van der Waals surface area (Å²) in [5.41, 5.74) is 3.00. The number of carbonyl (C=O) groups is 1. The van der Waals surface area contributed by atoms with Crippen LogP contribution in [-0.2, 0) is 16.1 Å². The quantitative estimate of drug-likeness (QED) is 0.356. The van der Waals surface area contributed by atoms with Crippen molar-refractivity contribution in [2.45, 2.75) is 13.5 Å². The lowest BCUT2D eigenvalue weighted by molar-refractivity contribution is -0.139. The molecule has 29 heavy (non-hydrogen) atoms. The average Bonchev–Trinajstić information content (AvgIpc) is 3.38. The third kappa shape index (κ3) is 4.30. The van der Waals surface area contributed by atoms with Crippen molar-refractivity contribution >= 4 is 12.0 Å². The van der Waals surface area contributed by atoms with Crippen molar-refractivity contribution in [2.24, 2.45) is 0 Å². The maximum atomic E-state index is 11.9. The number of esters is 1. The van der Waals surface area contributed by atoms with E-state index in [4.69, 9.17) is 13.7 Å². The summed E-state index contributed by atoms with van der Waals surface area (Å²) in [7, 11) is 0. The molecular formula is C22H17N3O4. The molecule has 4 rings (SSSR count). The van der Waals surface area contributed by atoms with Crippen LogP contribution in [0.2, 0.25) is 0 Å². The summed E-state index contributed by atoms with van der Waals surface area (Å²) < 4.78 is 16.1. The molecule has 0 unspecified atom stereocenters. The second kappa shape index (κ2) is 8.35. The van der Waals surface area contributed by atoms with E-state index in [1.807, 2.05) is 60.7 Å². The van der Waals surface area contributed by atoms with Gasteiger partial charge < -0.3 is 13.7 Å². The minimum absolute atomic E-state index is 0.129. The van der Waals surface area contributed by atoms with Gasteiger partial charge in [0.2, 0.25) is 0 Å². The Morgan fingerprint density at radius 3 is 2.52 bits per heavy atom. The fourth-order valence-corrected chi connectivity index (χ4v) is 2.74. The SMILES string of the molecule is Cc1onc(-c2ccccc2)c1-c1nnc(COC(=O)/C=C/c2ccccc2)o1. The highest BCUT2D eigenvalue weighted by Crippen LogP contribution is 2.33. The van der Waals surface area contributed by atoms with Gasteiger partial charge in [0.05, 0.1) is 0 Å². The Morgan fingerprint density at radius 2 is 1.76 bits per heavy atom. The van der Waals surface area contributed by atoms with Crippen molar-refractivity contribution in [3.63, 3.8) is 0 Å². The van der Waals surface area contributed by atoms with Crippen molar-refractivity contribution in [3.05, 3.63) is 84.0 Å². The van der Waals surface area contributed by atoms with E-state index in [9.17, 15) is 4.79 Å². The largest absolute Gasteiger partial charge is 0.452 e. The summed E-state index contributed by atoms with van der Waals surface area (Å²) in [6.07, 6.45) is 3.03. The van der Waals surface area contributed by atoms with Gasteiger partial charge in [0, 0.05) is 11.6 Å². The first-order valence-electron chi connectivity index (χ1n) is 8.95. The van der Waals surface area contributed by atoms with Gasteiger partial charge in [-0.25, -0.2) is 4.79 Å². The minimum Gasteiger partial charge on any atom is -0.452 e. The summed E-state index contributed by atoms with van der Waals surface area (Å²) >= 11 is 0. The summed E-state index contributed by atoms with van der Waals surface area (Å²) in [6, 6.07) is 19.0. The van der Waals surface area contributed by atoms with Gasteiger partial charge in [0.15, 0.2) is 6.61 Å². The summed E-state index contributed by atoms with van der Waals surface area (Å²) in [4.78, 5) is 11.9. The molecular weight excluding hydrogens is 370 g/mol. The molecule has 0 radical (unpaired) electrons. The van der Waals surface area contributed by atoms with Crippen molar-refractivity contribution < 1.29 is 18.5 Å². The Hall–Kier alpha value is -4.00. The van der Waals surface area contributed by atoms with Gasteiger partial charge in [-0.05, 0) is 18.6 Å². The highest BCUT2D eigenvalue weighted by Gasteiger charge is 2.22. The minimum atomic E-state index is -0.500. The molecule has 0 aliphatic rings. The number of aromatic nitrogens is 3. The fraction of sp³-hybridized carbons (Fsp3) is 0.0909. The Morgan fingerprint density at radius 1 is 1.03 bits per heavy atom. The monoisotopic (exact) mass is 387 g/mol. The smallest absolute Gasteiger partial charge is 0.331 e. The van der Waals surface area contributed by atoms with Crippen molar-refractivity contribution in [1.82, 2.24) is 15.4 Å². The number of carbonyl (C=O) groups excluding carboxylic acids is 1. The molecule has 2 heterocycles. The molecule has 4 aromatic rings. The maximum absolute atomic E-state index is 11.9. The lowest BCUT2D eigenvalue weighted by atomic mass is 10.1. The van der Waals surface area contributed by atoms with Crippen LogP contribution in [0.3, 0.4) is 0 Å². The third-order valence-corrected chi connectivity index (χ3v) is 4.14. The molecule has 0 N–H and O–H groups in total. The Balaban J connectivity index is 1.45. The topological polar surface area (TPSA) is 91.3 Å². The van der Waals surface area contributed by atoms with E-state index in [0.29, 0.717) is 17.0 Å². The molecule has 0 amide bonds. The lowest BCUT2D eigenvalue weighted by Crippen LogP contribution is -2.00. The van der Waals surface area contributed by atoms with Crippen LogP contribution in [0.5, 0.6) is 0 Å². The van der Waals surface area contributed by atoms with Gasteiger partial charge in [0.25, 0.3) is 11.8 Å². The molecule has 2 aromatic heterocycles. The van der Waals surface area contributed by atoms with E-state index in [0.717, 1.165) is 11.1 Å². The maximum Gasteiger partial charge on any atom is 0.331 e. The van der Waals surface area contributed by atoms with Crippen LogP contribution in [0.4, 0.5) is 0 Å². The van der Waals surface area contributed by atoms with Gasteiger partial charge in [-0.15, -0.1) is 10.2 Å². The van der Waals surface area contributed by atoms with Gasteiger partial charge in [-0.3, -0.25) is 0 Å². The lowest BCUT2D eigenvalue weighted by Gasteiger charge is -1.99. The molecule has 0 aliphatic carbocycles. The zero-order valence-electron chi connectivity index (χ0n) is 15.6. The summed E-state index contributed by atoms with van der Waals surface area (Å²) in [6.45, 7) is 1.64. The van der Waals surface area contributed by atoms with Gasteiger partial charge in [0.1, 0.15) is 17.0 Å². The zero-order chi connectivity index (χ0) is 20.1. The van der Waals surface area contributed by atoms with Crippen LogP contribution in [0.1, 0.15) is 17.2 Å². The predicted octanol–water partition coefficient (Wildman–Crippen LogP) is 4.46. The van der Waals surface area contributed by atoms with E-state index in [1.54, 1.807) is 13.0 Å². The van der Waals surface area contributed by atoms with Gasteiger partial charge >= 0.3 is 5.97 Å². The number of hydrogen-bond donors (Lipinski definition) is 0. The summed E-state index contributed by atoms with van der Waals surface area (Å²) in [5, 5.41) is 12.1. The van der Waals surface area contributed by atoms with Crippen molar-refractivity contribution in [3.8, 4) is 22.7 Å². The van der Waals surface area contributed by atoms with Crippen LogP contribution in [-0.4, -0.2) is 21.3 Å². The highest BCUT2D eigenvalue weighted by molar-refractivity contribution is 5.87. The van der Waals surface area contributed by atoms with Crippen LogP contribution >= 0.6 is 0 Å². The predicted molar refractivity (Wildman–Crippen MR) is 105 cm³/mol. The van der Waals surface area contributed by atoms with Crippen molar-refractivity contribution in [2.75, 3.05) is 0 Å². The molecule has 0 saturated heterocycles. The molecule has 0 fully saturated rings. The molecule has 7 nitrogen and oxygen atoms in total.